The number of fused-ring (bicyclic) bond motifs is 1. The van der Waals surface area contributed by atoms with Gasteiger partial charge in [-0.2, -0.15) is 4.98 Å². The quantitative estimate of drug-likeness (QED) is 0.258. The SMILES string of the molecule is CCCOC(=O)C1=C(C)Nc2nc(SCc3ccccc3Cl)nn2C1c1ccc(OC)c(OCC)c1. The van der Waals surface area contributed by atoms with Gasteiger partial charge in [0.05, 0.1) is 25.9 Å². The van der Waals surface area contributed by atoms with Crippen LogP contribution in [0.25, 0.3) is 0 Å². The van der Waals surface area contributed by atoms with Crippen LogP contribution >= 0.6 is 23.4 Å². The van der Waals surface area contributed by atoms with Crippen molar-refractivity contribution in [3.63, 3.8) is 0 Å². The topological polar surface area (TPSA) is 87.5 Å². The number of methoxy groups -OCH3 is 1. The Morgan fingerprint density at radius 3 is 2.72 bits per heavy atom. The summed E-state index contributed by atoms with van der Waals surface area (Å²) in [6.45, 7) is 6.52. The maximum absolute atomic E-state index is 13.2. The number of nitrogens with zero attached hydrogens (tertiary/aromatic N) is 3. The number of aromatic nitrogens is 3. The van der Waals surface area contributed by atoms with Crippen molar-refractivity contribution in [2.45, 2.75) is 44.1 Å². The largest absolute Gasteiger partial charge is 0.493 e. The highest BCUT2D eigenvalue weighted by Gasteiger charge is 2.35. The summed E-state index contributed by atoms with van der Waals surface area (Å²) < 4.78 is 18.5. The van der Waals surface area contributed by atoms with Gasteiger partial charge in [-0.05, 0) is 49.6 Å². The molecule has 1 unspecified atom stereocenters. The monoisotopic (exact) mass is 528 g/mol. The van der Waals surface area contributed by atoms with Gasteiger partial charge in [0.15, 0.2) is 11.5 Å². The van der Waals surface area contributed by atoms with Crippen LogP contribution in [0.3, 0.4) is 0 Å². The molecule has 0 bridgehead atoms. The average molecular weight is 529 g/mol. The minimum Gasteiger partial charge on any atom is -0.493 e. The van der Waals surface area contributed by atoms with Crippen LogP contribution in [0.1, 0.15) is 44.4 Å². The maximum Gasteiger partial charge on any atom is 0.338 e. The first-order chi connectivity index (χ1) is 17.5. The molecule has 190 valence electrons. The molecule has 0 aliphatic carbocycles. The van der Waals surface area contributed by atoms with Gasteiger partial charge in [-0.15, -0.1) is 5.10 Å². The third kappa shape index (κ3) is 5.47. The van der Waals surface area contributed by atoms with E-state index in [1.54, 1.807) is 11.8 Å². The van der Waals surface area contributed by atoms with Gasteiger partial charge in [0.2, 0.25) is 11.1 Å². The summed E-state index contributed by atoms with van der Waals surface area (Å²) in [7, 11) is 1.59. The first kappa shape index (κ1) is 25.9. The number of hydrogen-bond donors (Lipinski definition) is 1. The van der Waals surface area contributed by atoms with Crippen molar-refractivity contribution in [3.8, 4) is 11.5 Å². The number of carbonyl (C=O) groups is 1. The molecular weight excluding hydrogens is 500 g/mol. The van der Waals surface area contributed by atoms with Gasteiger partial charge < -0.3 is 19.5 Å². The van der Waals surface area contributed by atoms with E-state index in [9.17, 15) is 4.79 Å². The van der Waals surface area contributed by atoms with Crippen LogP contribution < -0.4 is 14.8 Å². The Labute approximate surface area is 220 Å². The van der Waals surface area contributed by atoms with Crippen molar-refractivity contribution in [2.24, 2.45) is 0 Å². The molecule has 0 amide bonds. The average Bonchev–Trinajstić information content (AvgIpc) is 3.28. The van der Waals surface area contributed by atoms with Crippen LogP contribution in [0, 0.1) is 0 Å². The lowest BCUT2D eigenvalue weighted by Crippen LogP contribution is -2.29. The summed E-state index contributed by atoms with van der Waals surface area (Å²) in [5.74, 6) is 1.96. The Kier molecular flexibility index (Phi) is 8.43. The zero-order chi connectivity index (χ0) is 25.7. The van der Waals surface area contributed by atoms with E-state index >= 15 is 0 Å². The lowest BCUT2D eigenvalue weighted by atomic mass is 9.95. The lowest BCUT2D eigenvalue weighted by Gasteiger charge is -2.28. The summed E-state index contributed by atoms with van der Waals surface area (Å²) in [5, 5.41) is 9.27. The van der Waals surface area contributed by atoms with Crippen LogP contribution in [-0.4, -0.2) is 41.1 Å². The van der Waals surface area contributed by atoms with Gasteiger partial charge in [0.25, 0.3) is 0 Å². The highest BCUT2D eigenvalue weighted by molar-refractivity contribution is 7.98. The Morgan fingerprint density at radius 1 is 1.19 bits per heavy atom. The first-order valence-corrected chi connectivity index (χ1v) is 13.1. The van der Waals surface area contributed by atoms with E-state index in [0.29, 0.717) is 57.9 Å². The normalized spacial score (nSPS) is 14.8. The van der Waals surface area contributed by atoms with Gasteiger partial charge in [-0.3, -0.25) is 0 Å². The number of allylic oxidation sites excluding steroid dienone is 1. The highest BCUT2D eigenvalue weighted by Crippen LogP contribution is 2.40. The van der Waals surface area contributed by atoms with E-state index < -0.39 is 12.0 Å². The van der Waals surface area contributed by atoms with Gasteiger partial charge in [-0.1, -0.05) is 54.6 Å². The van der Waals surface area contributed by atoms with Crippen molar-refractivity contribution >= 4 is 35.3 Å². The number of carbonyl (C=O) groups excluding carboxylic acids is 1. The molecule has 1 aromatic heterocycles. The molecule has 1 aliphatic heterocycles. The number of rotatable bonds is 10. The second kappa shape index (κ2) is 11.7. The molecule has 8 nitrogen and oxygen atoms in total. The fourth-order valence-electron chi connectivity index (χ4n) is 3.93. The van der Waals surface area contributed by atoms with Gasteiger partial charge in [0.1, 0.15) is 6.04 Å². The summed E-state index contributed by atoms with van der Waals surface area (Å²) >= 11 is 7.80. The molecule has 0 saturated carbocycles. The molecule has 10 heteroatoms. The zero-order valence-corrected chi connectivity index (χ0v) is 22.3. The first-order valence-electron chi connectivity index (χ1n) is 11.7. The number of esters is 1. The highest BCUT2D eigenvalue weighted by atomic mass is 35.5. The van der Waals surface area contributed by atoms with Gasteiger partial charge in [-0.25, -0.2) is 9.48 Å². The molecule has 1 atom stereocenters. The molecule has 0 spiro atoms. The summed E-state index contributed by atoms with van der Waals surface area (Å²) in [5.41, 5.74) is 2.93. The maximum atomic E-state index is 13.2. The summed E-state index contributed by atoms with van der Waals surface area (Å²) in [6, 6.07) is 12.7. The fourth-order valence-corrected chi connectivity index (χ4v) is 5.04. The number of hydrogen-bond acceptors (Lipinski definition) is 8. The van der Waals surface area contributed by atoms with Gasteiger partial charge >= 0.3 is 5.97 Å². The molecule has 4 rings (SSSR count). The number of halogens is 1. The second-order valence-electron chi connectivity index (χ2n) is 8.09. The molecule has 36 heavy (non-hydrogen) atoms. The molecule has 0 saturated heterocycles. The van der Waals surface area contributed by atoms with E-state index in [-0.39, 0.29) is 0 Å². The van der Waals surface area contributed by atoms with Crippen molar-refractivity contribution in [3.05, 3.63) is 69.9 Å². The Bertz CT molecular complexity index is 1280. The molecule has 0 radical (unpaired) electrons. The van der Waals surface area contributed by atoms with Crippen LogP contribution in [0.2, 0.25) is 5.02 Å². The number of anilines is 1. The van der Waals surface area contributed by atoms with Crippen molar-refractivity contribution in [1.82, 2.24) is 14.8 Å². The number of nitrogens with one attached hydrogen (secondary N) is 1. The molecule has 2 aromatic carbocycles. The van der Waals surface area contributed by atoms with Crippen LogP contribution in [0.4, 0.5) is 5.95 Å². The predicted molar refractivity (Wildman–Crippen MR) is 141 cm³/mol. The number of benzene rings is 2. The Hall–Kier alpha value is -3.17. The number of thioether (sulfide) groups is 1. The second-order valence-corrected chi connectivity index (χ2v) is 9.44. The molecule has 3 aromatic rings. The van der Waals surface area contributed by atoms with Crippen molar-refractivity contribution in [2.75, 3.05) is 25.6 Å². The smallest absolute Gasteiger partial charge is 0.338 e. The number of ether oxygens (including phenoxy) is 3. The third-order valence-electron chi connectivity index (χ3n) is 5.61. The third-order valence-corrected chi connectivity index (χ3v) is 6.86. The van der Waals surface area contributed by atoms with E-state index in [1.165, 1.54) is 11.8 Å². The minimum absolute atomic E-state index is 0.332. The lowest BCUT2D eigenvalue weighted by molar-refractivity contribution is -0.139. The van der Waals surface area contributed by atoms with E-state index in [1.807, 2.05) is 63.2 Å². The Morgan fingerprint density at radius 2 is 2.00 bits per heavy atom. The fraction of sp³-hybridized carbons (Fsp3) is 0.346. The van der Waals surface area contributed by atoms with Crippen molar-refractivity contribution < 1.29 is 19.0 Å². The van der Waals surface area contributed by atoms with Crippen LogP contribution in [0.5, 0.6) is 11.5 Å². The van der Waals surface area contributed by atoms with E-state index in [4.69, 9.17) is 30.9 Å². The predicted octanol–water partition coefficient (Wildman–Crippen LogP) is 5.87. The standard InChI is InChI=1S/C26H29ClN4O4S/c1-5-13-35-24(32)22-16(3)28-25-29-26(36-15-18-9-7-8-10-19(18)27)30-31(25)23(22)17-11-12-20(33-4)21(14-17)34-6-2/h7-12,14,23H,5-6,13,15H2,1-4H3,(H,28,29,30). The molecule has 1 aliphatic rings. The van der Waals surface area contributed by atoms with Crippen LogP contribution in [-0.2, 0) is 15.3 Å². The molecule has 0 fully saturated rings. The van der Waals surface area contributed by atoms with Crippen molar-refractivity contribution in [1.29, 1.82) is 0 Å². The molecular formula is C26H29ClN4O4S. The van der Waals surface area contributed by atoms with Gasteiger partial charge in [0, 0.05) is 16.5 Å². The molecule has 1 N–H and O–H groups in total. The van der Waals surface area contributed by atoms with E-state index in [2.05, 4.69) is 10.3 Å². The summed E-state index contributed by atoms with van der Waals surface area (Å²) in [6.07, 6.45) is 0.727. The minimum atomic E-state index is -0.558. The van der Waals surface area contributed by atoms with E-state index in [0.717, 1.165) is 17.5 Å². The Balaban J connectivity index is 1.74. The van der Waals surface area contributed by atoms with Crippen LogP contribution in [0.15, 0.2) is 58.9 Å². The molecule has 2 heterocycles. The zero-order valence-electron chi connectivity index (χ0n) is 20.7. The summed E-state index contributed by atoms with van der Waals surface area (Å²) in [4.78, 5) is 17.9.